The molecule has 0 radical (unpaired) electrons. The van der Waals surface area contributed by atoms with Crippen LogP contribution in [0.15, 0.2) is 10.4 Å². The first-order chi connectivity index (χ1) is 10.7. The number of aromatic nitrogens is 1. The van der Waals surface area contributed by atoms with Gasteiger partial charge in [0.1, 0.15) is 5.01 Å². The van der Waals surface area contributed by atoms with Crippen LogP contribution in [0.1, 0.15) is 43.3 Å². The topological polar surface area (TPSA) is 58.5 Å². The van der Waals surface area contributed by atoms with Crippen molar-refractivity contribution >= 4 is 41.3 Å². The Morgan fingerprint density at radius 2 is 2.30 bits per heavy atom. The quantitative estimate of drug-likeness (QED) is 0.411. The van der Waals surface area contributed by atoms with Crippen molar-refractivity contribution < 1.29 is 4.74 Å². The molecular weight excluding hydrogens is 423 g/mol. The average Bonchev–Trinajstić information content (AvgIpc) is 2.85. The largest absolute Gasteiger partial charge is 0.378 e. The minimum Gasteiger partial charge on any atom is -0.378 e. The molecule has 2 aliphatic rings. The third-order valence-electron chi connectivity index (χ3n) is 5.05. The summed E-state index contributed by atoms with van der Waals surface area (Å²) in [6, 6.07) is 0.488. The molecule has 0 amide bonds. The maximum Gasteiger partial charge on any atom is 0.191 e. The van der Waals surface area contributed by atoms with E-state index in [0.29, 0.717) is 17.6 Å². The summed E-state index contributed by atoms with van der Waals surface area (Å²) in [5.74, 6) is 0.874. The zero-order valence-electron chi connectivity index (χ0n) is 14.1. The molecule has 0 aliphatic heterocycles. The lowest BCUT2D eigenvalue weighted by Gasteiger charge is -2.61. The minimum atomic E-state index is 0. The molecule has 0 saturated heterocycles. The number of aryl methyl sites for hydroxylation is 1. The van der Waals surface area contributed by atoms with Crippen molar-refractivity contribution in [2.24, 2.45) is 10.4 Å². The number of aliphatic imine (C=N–C) groups is 1. The van der Waals surface area contributed by atoms with Gasteiger partial charge < -0.3 is 15.4 Å². The van der Waals surface area contributed by atoms with E-state index in [1.165, 1.54) is 19.3 Å². The third kappa shape index (κ3) is 3.82. The summed E-state index contributed by atoms with van der Waals surface area (Å²) in [7, 11) is 1.83. The van der Waals surface area contributed by atoms with Crippen LogP contribution in [0, 0.1) is 12.3 Å². The Balaban J connectivity index is 0.00000192. The van der Waals surface area contributed by atoms with Crippen molar-refractivity contribution in [3.63, 3.8) is 0 Å². The second-order valence-electron chi connectivity index (χ2n) is 6.27. The van der Waals surface area contributed by atoms with Crippen molar-refractivity contribution in [1.82, 2.24) is 15.6 Å². The fourth-order valence-electron chi connectivity index (χ4n) is 3.64. The molecular formula is C16H27IN4OS. The summed E-state index contributed by atoms with van der Waals surface area (Å²) in [4.78, 5) is 8.83. The number of ether oxygens (including phenoxy) is 1. The number of hydrogen-bond donors (Lipinski definition) is 2. The van der Waals surface area contributed by atoms with Gasteiger partial charge in [0.2, 0.25) is 0 Å². The van der Waals surface area contributed by atoms with Crippen LogP contribution in [0.4, 0.5) is 0 Å². The number of halogens is 1. The highest BCUT2D eigenvalue weighted by molar-refractivity contribution is 14.0. The lowest BCUT2D eigenvalue weighted by Crippen LogP contribution is -2.68. The van der Waals surface area contributed by atoms with E-state index in [2.05, 4.69) is 32.9 Å². The number of guanidine groups is 1. The van der Waals surface area contributed by atoms with Crippen molar-refractivity contribution in [1.29, 1.82) is 0 Å². The first-order valence-corrected chi connectivity index (χ1v) is 9.05. The first-order valence-electron chi connectivity index (χ1n) is 8.17. The Morgan fingerprint density at radius 3 is 2.83 bits per heavy atom. The van der Waals surface area contributed by atoms with Gasteiger partial charge in [-0.25, -0.2) is 4.98 Å². The second-order valence-corrected chi connectivity index (χ2v) is 7.21. The third-order valence-corrected chi connectivity index (χ3v) is 6.01. The van der Waals surface area contributed by atoms with E-state index >= 15 is 0 Å². The Labute approximate surface area is 159 Å². The molecule has 1 aromatic rings. The average molecular weight is 450 g/mol. The summed E-state index contributed by atoms with van der Waals surface area (Å²) < 4.78 is 5.90. The smallest absolute Gasteiger partial charge is 0.191 e. The molecule has 0 bridgehead atoms. The predicted molar refractivity (Wildman–Crippen MR) is 106 cm³/mol. The lowest BCUT2D eigenvalue weighted by molar-refractivity contribution is -0.168. The highest BCUT2D eigenvalue weighted by Gasteiger charge is 2.59. The highest BCUT2D eigenvalue weighted by Crippen LogP contribution is 2.57. The molecule has 23 heavy (non-hydrogen) atoms. The molecule has 3 rings (SSSR count). The molecule has 1 aromatic heterocycles. The van der Waals surface area contributed by atoms with Crippen LogP contribution in [-0.4, -0.2) is 36.7 Å². The molecule has 1 spiro atoms. The summed E-state index contributed by atoms with van der Waals surface area (Å²) in [6.45, 7) is 5.65. The maximum absolute atomic E-state index is 5.90. The van der Waals surface area contributed by atoms with Crippen LogP contribution < -0.4 is 10.6 Å². The van der Waals surface area contributed by atoms with E-state index in [0.717, 1.165) is 36.2 Å². The predicted octanol–water partition coefficient (Wildman–Crippen LogP) is 3.08. The van der Waals surface area contributed by atoms with Crippen LogP contribution in [0.3, 0.4) is 0 Å². The number of hydrogen-bond acceptors (Lipinski definition) is 4. The van der Waals surface area contributed by atoms with Crippen molar-refractivity contribution in [2.45, 2.75) is 58.2 Å². The number of nitrogens with one attached hydrogen (secondary N) is 2. The zero-order valence-corrected chi connectivity index (χ0v) is 17.2. The maximum atomic E-state index is 5.90. The van der Waals surface area contributed by atoms with Crippen LogP contribution in [0.2, 0.25) is 0 Å². The van der Waals surface area contributed by atoms with E-state index in [1.54, 1.807) is 11.3 Å². The normalized spacial score (nSPS) is 25.3. The molecule has 5 nitrogen and oxygen atoms in total. The van der Waals surface area contributed by atoms with Crippen LogP contribution in [0.25, 0.3) is 0 Å². The lowest BCUT2D eigenvalue weighted by atomic mass is 9.51. The van der Waals surface area contributed by atoms with Crippen molar-refractivity contribution in [3.8, 4) is 0 Å². The Hall–Kier alpha value is -0.410. The Bertz CT molecular complexity index is 544. The fourth-order valence-corrected chi connectivity index (χ4v) is 4.36. The highest BCUT2D eigenvalue weighted by atomic mass is 127. The van der Waals surface area contributed by atoms with Gasteiger partial charge in [-0.1, -0.05) is 6.42 Å². The number of nitrogens with zero attached hydrogens (tertiary/aromatic N) is 2. The molecule has 2 unspecified atom stereocenters. The van der Waals surface area contributed by atoms with Crippen LogP contribution >= 0.6 is 35.3 Å². The van der Waals surface area contributed by atoms with Gasteiger partial charge in [0.15, 0.2) is 5.96 Å². The Morgan fingerprint density at radius 1 is 1.52 bits per heavy atom. The van der Waals surface area contributed by atoms with Gasteiger partial charge in [0, 0.05) is 36.2 Å². The summed E-state index contributed by atoms with van der Waals surface area (Å²) in [5.41, 5.74) is 1.43. The summed E-state index contributed by atoms with van der Waals surface area (Å²) in [5, 5.41) is 10.1. The van der Waals surface area contributed by atoms with E-state index in [9.17, 15) is 0 Å². The Kier molecular flexibility index (Phi) is 6.67. The zero-order chi connectivity index (χ0) is 15.6. The van der Waals surface area contributed by atoms with Crippen LogP contribution in [0.5, 0.6) is 0 Å². The molecule has 1 heterocycles. The van der Waals surface area contributed by atoms with Gasteiger partial charge in [0.25, 0.3) is 0 Å². The minimum absolute atomic E-state index is 0. The summed E-state index contributed by atoms with van der Waals surface area (Å²) in [6.07, 6.45) is 5.40. The standard InChI is InChI=1S/C16H26N4OS.HI/c1-4-21-13-8-12(16(13)6-5-7-16)20-15(17-3)18-9-14-19-11(2)10-22-14;/h10,12-13H,4-9H2,1-3H3,(H2,17,18,20);1H. The molecule has 0 aromatic carbocycles. The van der Waals surface area contributed by atoms with Gasteiger partial charge in [-0.3, -0.25) is 4.99 Å². The van der Waals surface area contributed by atoms with E-state index in [1.807, 2.05) is 14.0 Å². The monoisotopic (exact) mass is 450 g/mol. The van der Waals surface area contributed by atoms with Gasteiger partial charge in [-0.2, -0.15) is 0 Å². The van der Waals surface area contributed by atoms with E-state index < -0.39 is 0 Å². The van der Waals surface area contributed by atoms with Crippen molar-refractivity contribution in [2.75, 3.05) is 13.7 Å². The number of thiazole rings is 1. The van der Waals surface area contributed by atoms with E-state index in [-0.39, 0.29) is 24.0 Å². The molecule has 2 fully saturated rings. The van der Waals surface area contributed by atoms with Gasteiger partial charge >= 0.3 is 0 Å². The van der Waals surface area contributed by atoms with Gasteiger partial charge in [0.05, 0.1) is 12.6 Å². The SMILES string of the molecule is CCOC1CC(NC(=NC)NCc2nc(C)cs2)C12CCC2.I. The number of rotatable bonds is 5. The fraction of sp³-hybridized carbons (Fsp3) is 0.750. The molecule has 7 heteroatoms. The van der Waals surface area contributed by atoms with Crippen LogP contribution in [-0.2, 0) is 11.3 Å². The van der Waals surface area contributed by atoms with Gasteiger partial charge in [-0.05, 0) is 33.1 Å². The summed E-state index contributed by atoms with van der Waals surface area (Å²) >= 11 is 1.69. The first kappa shape index (κ1) is 18.9. The second kappa shape index (κ2) is 8.11. The molecule has 2 aliphatic carbocycles. The molecule has 2 saturated carbocycles. The van der Waals surface area contributed by atoms with Gasteiger partial charge in [-0.15, -0.1) is 35.3 Å². The molecule has 2 N–H and O–H groups in total. The molecule has 130 valence electrons. The van der Waals surface area contributed by atoms with Crippen molar-refractivity contribution in [3.05, 3.63) is 16.1 Å². The molecule has 2 atom stereocenters. The van der Waals surface area contributed by atoms with E-state index in [4.69, 9.17) is 4.74 Å².